The Hall–Kier alpha value is -1.99. The zero-order chi connectivity index (χ0) is 14.4. The molecule has 2 N–H and O–H groups in total. The van der Waals surface area contributed by atoms with Gasteiger partial charge in [0.25, 0.3) is 0 Å². The van der Waals surface area contributed by atoms with Crippen molar-refractivity contribution in [2.75, 3.05) is 11.9 Å². The van der Waals surface area contributed by atoms with Gasteiger partial charge in [0.15, 0.2) is 0 Å². The van der Waals surface area contributed by atoms with Crippen molar-refractivity contribution < 1.29 is 8.42 Å². The molecule has 6 nitrogen and oxygen atoms in total. The van der Waals surface area contributed by atoms with Crippen molar-refractivity contribution >= 4 is 15.8 Å². The Labute approximate surface area is 118 Å². The Morgan fingerprint density at radius 1 is 1.20 bits per heavy atom. The molecule has 0 saturated carbocycles. The summed E-state index contributed by atoms with van der Waals surface area (Å²) in [6.45, 7) is 2.67. The minimum absolute atomic E-state index is 0.144. The van der Waals surface area contributed by atoms with Crippen LogP contribution in [-0.4, -0.2) is 24.9 Å². The number of hydrogen-bond donors (Lipinski definition) is 2. The number of aromatic nitrogens is 2. The van der Waals surface area contributed by atoms with Crippen LogP contribution in [0.1, 0.15) is 12.5 Å². The van der Waals surface area contributed by atoms with Crippen molar-refractivity contribution in [3.8, 4) is 0 Å². The van der Waals surface area contributed by atoms with Crippen LogP contribution in [0, 0.1) is 0 Å². The van der Waals surface area contributed by atoms with Gasteiger partial charge < -0.3 is 5.32 Å². The fraction of sp³-hybridized carbons (Fsp3) is 0.231. The lowest BCUT2D eigenvalue weighted by atomic mass is 10.3. The third kappa shape index (κ3) is 3.52. The molecule has 0 unspecified atom stereocenters. The van der Waals surface area contributed by atoms with Crippen molar-refractivity contribution in [3.05, 3.63) is 48.4 Å². The van der Waals surface area contributed by atoms with E-state index in [-0.39, 0.29) is 11.4 Å². The number of rotatable bonds is 6. The molecule has 2 heterocycles. The molecule has 2 rings (SSSR count). The van der Waals surface area contributed by atoms with E-state index in [1.165, 1.54) is 6.07 Å². The number of sulfonamides is 1. The summed E-state index contributed by atoms with van der Waals surface area (Å²) in [5.41, 5.74) is 0.796. The van der Waals surface area contributed by atoms with Crippen LogP contribution in [0.4, 0.5) is 5.82 Å². The second-order valence-electron chi connectivity index (χ2n) is 4.07. The van der Waals surface area contributed by atoms with Crippen LogP contribution in [0.5, 0.6) is 0 Å². The van der Waals surface area contributed by atoms with Gasteiger partial charge in [-0.25, -0.2) is 18.1 Å². The van der Waals surface area contributed by atoms with Gasteiger partial charge in [0.2, 0.25) is 10.0 Å². The van der Waals surface area contributed by atoms with Crippen LogP contribution in [0.2, 0.25) is 0 Å². The van der Waals surface area contributed by atoms with Crippen LogP contribution in [0.25, 0.3) is 0 Å². The summed E-state index contributed by atoms with van der Waals surface area (Å²) in [5.74, 6) is 0.355. The molecule has 0 bridgehead atoms. The van der Waals surface area contributed by atoms with E-state index in [1.54, 1.807) is 30.7 Å². The highest BCUT2D eigenvalue weighted by Gasteiger charge is 2.18. The van der Waals surface area contributed by atoms with Gasteiger partial charge in [0, 0.05) is 31.7 Å². The maximum absolute atomic E-state index is 12.3. The van der Waals surface area contributed by atoms with E-state index < -0.39 is 10.0 Å². The molecular formula is C13H16N4O2S. The third-order valence-corrected chi connectivity index (χ3v) is 4.03. The molecule has 0 aliphatic carbocycles. The van der Waals surface area contributed by atoms with Crippen molar-refractivity contribution in [1.82, 2.24) is 14.7 Å². The van der Waals surface area contributed by atoms with Gasteiger partial charge in [-0.15, -0.1) is 0 Å². The van der Waals surface area contributed by atoms with E-state index in [1.807, 2.05) is 13.0 Å². The summed E-state index contributed by atoms with van der Waals surface area (Å²) in [5, 5.41) is 2.94. The first-order chi connectivity index (χ1) is 9.63. The van der Waals surface area contributed by atoms with Gasteiger partial charge in [-0.05, 0) is 30.7 Å². The predicted molar refractivity (Wildman–Crippen MR) is 76.7 cm³/mol. The smallest absolute Gasteiger partial charge is 0.244 e. The normalized spacial score (nSPS) is 11.2. The number of nitrogens with one attached hydrogen (secondary N) is 2. The summed E-state index contributed by atoms with van der Waals surface area (Å²) < 4.78 is 27.1. The summed E-state index contributed by atoms with van der Waals surface area (Å²) in [4.78, 5) is 8.14. The Balaban J connectivity index is 2.18. The first-order valence-electron chi connectivity index (χ1n) is 6.21. The first-order valence-corrected chi connectivity index (χ1v) is 7.69. The number of hydrogen-bond acceptors (Lipinski definition) is 5. The lowest BCUT2D eigenvalue weighted by molar-refractivity contribution is 0.581. The van der Waals surface area contributed by atoms with E-state index in [0.717, 1.165) is 5.56 Å². The van der Waals surface area contributed by atoms with E-state index in [9.17, 15) is 8.42 Å². The van der Waals surface area contributed by atoms with Crippen molar-refractivity contribution in [2.24, 2.45) is 0 Å². The summed E-state index contributed by atoms with van der Waals surface area (Å²) in [7, 11) is -3.61. The Morgan fingerprint density at radius 3 is 2.70 bits per heavy atom. The van der Waals surface area contributed by atoms with Gasteiger partial charge >= 0.3 is 0 Å². The minimum Gasteiger partial charge on any atom is -0.369 e. The average Bonchev–Trinajstić information content (AvgIpc) is 2.47. The third-order valence-electron chi connectivity index (χ3n) is 2.59. The Bertz CT molecular complexity index is 659. The molecule has 0 aromatic carbocycles. The number of pyridine rings is 2. The molecule has 106 valence electrons. The van der Waals surface area contributed by atoms with E-state index >= 15 is 0 Å². The zero-order valence-electron chi connectivity index (χ0n) is 11.1. The molecule has 0 radical (unpaired) electrons. The fourth-order valence-electron chi connectivity index (χ4n) is 1.67. The van der Waals surface area contributed by atoms with Gasteiger partial charge in [-0.2, -0.15) is 0 Å². The largest absolute Gasteiger partial charge is 0.369 e. The number of anilines is 1. The molecule has 0 spiro atoms. The Kier molecular flexibility index (Phi) is 4.65. The second-order valence-corrected chi connectivity index (χ2v) is 5.80. The number of nitrogens with zero attached hydrogens (tertiary/aromatic N) is 2. The van der Waals surface area contributed by atoms with E-state index in [0.29, 0.717) is 12.4 Å². The highest BCUT2D eigenvalue weighted by atomic mass is 32.2. The van der Waals surface area contributed by atoms with E-state index in [4.69, 9.17) is 0 Å². The SMILES string of the molecule is CCNc1ncccc1S(=O)(=O)NCc1cccnc1. The van der Waals surface area contributed by atoms with E-state index in [2.05, 4.69) is 20.0 Å². The van der Waals surface area contributed by atoms with Crippen LogP contribution >= 0.6 is 0 Å². The Morgan fingerprint density at radius 2 is 2.00 bits per heavy atom. The molecule has 0 saturated heterocycles. The molecule has 2 aromatic rings. The standard InChI is InChI=1S/C13H16N4O2S/c1-2-15-13-12(6-4-8-16-13)20(18,19)17-10-11-5-3-7-14-9-11/h3-9,17H,2,10H2,1H3,(H,15,16). The lowest BCUT2D eigenvalue weighted by Crippen LogP contribution is -2.24. The highest BCUT2D eigenvalue weighted by Crippen LogP contribution is 2.17. The molecule has 0 aliphatic rings. The highest BCUT2D eigenvalue weighted by molar-refractivity contribution is 7.89. The molecule has 2 aromatic heterocycles. The maximum atomic E-state index is 12.3. The van der Waals surface area contributed by atoms with Gasteiger partial charge in [-0.1, -0.05) is 6.07 Å². The van der Waals surface area contributed by atoms with Crippen molar-refractivity contribution in [3.63, 3.8) is 0 Å². The van der Waals surface area contributed by atoms with Crippen LogP contribution in [0.15, 0.2) is 47.8 Å². The van der Waals surface area contributed by atoms with Crippen LogP contribution in [-0.2, 0) is 16.6 Å². The maximum Gasteiger partial charge on any atom is 0.244 e. The topological polar surface area (TPSA) is 84.0 Å². The first kappa shape index (κ1) is 14.4. The monoisotopic (exact) mass is 292 g/mol. The van der Waals surface area contributed by atoms with Gasteiger partial charge in [0.05, 0.1) is 0 Å². The average molecular weight is 292 g/mol. The molecule has 0 amide bonds. The molecule has 7 heteroatoms. The van der Waals surface area contributed by atoms with Crippen LogP contribution in [0.3, 0.4) is 0 Å². The summed E-state index contributed by atoms with van der Waals surface area (Å²) >= 11 is 0. The minimum atomic E-state index is -3.61. The van der Waals surface area contributed by atoms with Crippen molar-refractivity contribution in [1.29, 1.82) is 0 Å². The molecule has 20 heavy (non-hydrogen) atoms. The van der Waals surface area contributed by atoms with Gasteiger partial charge in [0.1, 0.15) is 10.7 Å². The quantitative estimate of drug-likeness (QED) is 0.840. The zero-order valence-corrected chi connectivity index (χ0v) is 11.9. The molecule has 0 fully saturated rings. The van der Waals surface area contributed by atoms with Crippen molar-refractivity contribution in [2.45, 2.75) is 18.4 Å². The summed E-state index contributed by atoms with van der Waals surface area (Å²) in [6.07, 6.45) is 4.82. The molecular weight excluding hydrogens is 276 g/mol. The fourth-order valence-corrected chi connectivity index (χ4v) is 2.82. The lowest BCUT2D eigenvalue weighted by Gasteiger charge is -2.11. The predicted octanol–water partition coefficient (Wildman–Crippen LogP) is 1.39. The second kappa shape index (κ2) is 6.44. The van der Waals surface area contributed by atoms with Gasteiger partial charge in [-0.3, -0.25) is 4.98 Å². The molecule has 0 aliphatic heterocycles. The van der Waals surface area contributed by atoms with Crippen LogP contribution < -0.4 is 10.0 Å². The summed E-state index contributed by atoms with van der Waals surface area (Å²) in [6, 6.07) is 6.69. The molecule has 0 atom stereocenters.